The van der Waals surface area contributed by atoms with Gasteiger partial charge in [0.25, 0.3) is 0 Å². The van der Waals surface area contributed by atoms with Crippen LogP contribution in [0.4, 0.5) is 0 Å². The van der Waals surface area contributed by atoms with Gasteiger partial charge in [0.05, 0.1) is 6.61 Å². The molecule has 1 saturated carbocycles. The van der Waals surface area contributed by atoms with Crippen molar-refractivity contribution in [2.45, 2.75) is 140 Å². The molecule has 64 heavy (non-hydrogen) atoms. The van der Waals surface area contributed by atoms with E-state index < -0.39 is 91.3 Å². The van der Waals surface area contributed by atoms with Gasteiger partial charge in [0.2, 0.25) is 0 Å². The van der Waals surface area contributed by atoms with Crippen LogP contribution >= 0.6 is 23.5 Å². The number of esters is 2. The third-order valence-corrected chi connectivity index (χ3v) is 10.4. The highest BCUT2D eigenvalue weighted by atomic mass is 31.2. The van der Waals surface area contributed by atoms with Crippen molar-refractivity contribution in [3.8, 4) is 95.2 Å². The van der Waals surface area contributed by atoms with E-state index in [0.29, 0.717) is 12.8 Å². The number of phosphoric ester groups is 3. The molecule has 0 bridgehead atoms. The maximum atomic E-state index is 13.0. The zero-order chi connectivity index (χ0) is 47.9. The number of aliphatic hydroxyl groups excluding tert-OH is 3. The molecule has 8 N–H and O–H groups in total. The van der Waals surface area contributed by atoms with Gasteiger partial charge in [-0.2, -0.15) is 0 Å². The number of terminal acetylenes is 1. The Balaban J connectivity index is 2.97. The molecule has 8 atom stereocenters. The topological polar surface area (TPSA) is 303 Å². The van der Waals surface area contributed by atoms with E-state index in [0.717, 1.165) is 25.7 Å². The van der Waals surface area contributed by atoms with Crippen molar-refractivity contribution in [2.24, 2.45) is 0 Å². The number of aliphatic hydroxyl groups is 3. The van der Waals surface area contributed by atoms with Gasteiger partial charge in [-0.15, -0.1) is 6.42 Å². The minimum atomic E-state index is -5.64. The molecular weight excluding hydrogens is 901 g/mol. The van der Waals surface area contributed by atoms with Crippen molar-refractivity contribution in [1.29, 1.82) is 0 Å². The fourth-order valence-corrected chi connectivity index (χ4v) is 7.63. The van der Waals surface area contributed by atoms with Crippen molar-refractivity contribution in [2.75, 3.05) is 13.2 Å². The van der Waals surface area contributed by atoms with Crippen LogP contribution < -0.4 is 0 Å². The number of carbonyl (C=O) groups excluding carboxylic acids is 2. The fourth-order valence-electron chi connectivity index (χ4n) is 5.53. The SMILES string of the molecule is C#CC#CC#CC#CC#CC#CC#CC#CC(=O)OC[C@H](COP(=O)(O)OC1C(O)[C@H](O)[C@@H](OP(=O)(O)O)C(OP(=O)(O)O)[C@@H]1O)OC(=O)CCCCCCCCCCCCCCC. The van der Waals surface area contributed by atoms with Gasteiger partial charge in [0, 0.05) is 12.3 Å². The largest absolute Gasteiger partial charge is 0.472 e. The molecule has 0 aliphatic heterocycles. The van der Waals surface area contributed by atoms with Crippen LogP contribution in [0.3, 0.4) is 0 Å². The zero-order valence-electron chi connectivity index (χ0n) is 34.8. The van der Waals surface area contributed by atoms with E-state index >= 15 is 0 Å². The molecule has 0 aromatic rings. The van der Waals surface area contributed by atoms with Crippen LogP contribution in [0, 0.1) is 95.2 Å². The first-order chi connectivity index (χ1) is 30.3. The van der Waals surface area contributed by atoms with Crippen LogP contribution in [0.5, 0.6) is 0 Å². The molecule has 0 radical (unpaired) electrons. The number of rotatable bonds is 26. The quantitative estimate of drug-likeness (QED) is 0.0203. The van der Waals surface area contributed by atoms with E-state index in [9.17, 15) is 63.1 Å². The van der Waals surface area contributed by atoms with Gasteiger partial charge in [0.1, 0.15) is 43.2 Å². The van der Waals surface area contributed by atoms with Gasteiger partial charge in [-0.05, 0) is 89.3 Å². The number of ether oxygens (including phenoxy) is 2. The second-order valence-corrected chi connectivity index (χ2v) is 17.3. The average Bonchev–Trinajstić information content (AvgIpc) is 3.22. The molecule has 1 aliphatic carbocycles. The third-order valence-electron chi connectivity index (χ3n) is 8.39. The first-order valence-corrected chi connectivity index (χ1v) is 24.4. The molecule has 1 rings (SSSR count). The molecule has 0 heterocycles. The Morgan fingerprint density at radius 1 is 0.547 bits per heavy atom. The fraction of sp³-hybridized carbons (Fsp3) is 0.571. The van der Waals surface area contributed by atoms with E-state index in [1.165, 1.54) is 44.9 Å². The molecule has 0 spiro atoms. The third kappa shape index (κ3) is 28.4. The second-order valence-electron chi connectivity index (χ2n) is 13.5. The Bertz CT molecular complexity index is 2160. The lowest BCUT2D eigenvalue weighted by Crippen LogP contribution is -2.65. The molecule has 0 saturated heterocycles. The average molecular weight is 953 g/mol. The first-order valence-electron chi connectivity index (χ1n) is 19.8. The Labute approximate surface area is 373 Å². The zero-order valence-corrected chi connectivity index (χ0v) is 37.5. The van der Waals surface area contributed by atoms with E-state index in [1.54, 1.807) is 0 Å². The lowest BCUT2D eigenvalue weighted by atomic mass is 9.85. The summed E-state index contributed by atoms with van der Waals surface area (Å²) in [6, 6.07) is 0. The summed E-state index contributed by atoms with van der Waals surface area (Å²) in [4.78, 5) is 72.5. The lowest BCUT2D eigenvalue weighted by Gasteiger charge is -2.44. The van der Waals surface area contributed by atoms with Gasteiger partial charge in [-0.25, -0.2) is 18.5 Å². The van der Waals surface area contributed by atoms with Crippen molar-refractivity contribution < 1.29 is 90.6 Å². The summed E-state index contributed by atoms with van der Waals surface area (Å²) in [7, 11) is -16.8. The smallest absolute Gasteiger partial charge is 0.456 e. The highest BCUT2D eigenvalue weighted by molar-refractivity contribution is 7.47. The maximum Gasteiger partial charge on any atom is 0.472 e. The summed E-state index contributed by atoms with van der Waals surface area (Å²) >= 11 is 0. The van der Waals surface area contributed by atoms with Crippen molar-refractivity contribution >= 4 is 35.4 Å². The Morgan fingerprint density at radius 3 is 1.41 bits per heavy atom. The molecule has 22 heteroatoms. The Kier molecular flexibility index (Phi) is 29.1. The molecule has 0 aromatic heterocycles. The van der Waals surface area contributed by atoms with Gasteiger partial charge < -0.3 is 49.3 Å². The lowest BCUT2D eigenvalue weighted by molar-refractivity contribution is -0.213. The molecule has 0 aromatic carbocycles. The van der Waals surface area contributed by atoms with Crippen LogP contribution in [0.2, 0.25) is 0 Å². The van der Waals surface area contributed by atoms with Crippen LogP contribution in [-0.2, 0) is 50.9 Å². The minimum absolute atomic E-state index is 0.0868. The Morgan fingerprint density at radius 2 is 0.953 bits per heavy atom. The van der Waals surface area contributed by atoms with Gasteiger partial charge in [-0.1, -0.05) is 84.0 Å². The summed E-state index contributed by atoms with van der Waals surface area (Å²) < 4.78 is 64.5. The first kappa shape index (κ1) is 57.6. The minimum Gasteiger partial charge on any atom is -0.456 e. The van der Waals surface area contributed by atoms with Crippen LogP contribution in [0.15, 0.2) is 0 Å². The van der Waals surface area contributed by atoms with Crippen LogP contribution in [0.1, 0.15) is 96.8 Å². The number of hydrogen-bond donors (Lipinski definition) is 8. The summed E-state index contributed by atoms with van der Waals surface area (Å²) in [6.45, 7) is 0.344. The molecule has 348 valence electrons. The Hall–Kier alpha value is -4.37. The normalized spacial score (nSPS) is 20.1. The summed E-state index contributed by atoms with van der Waals surface area (Å²) in [5, 5.41) is 31.7. The number of carbonyl (C=O) groups is 2. The molecule has 19 nitrogen and oxygen atoms in total. The van der Waals surface area contributed by atoms with E-state index in [1.807, 2.05) is 5.92 Å². The molecule has 4 unspecified atom stereocenters. The van der Waals surface area contributed by atoms with Crippen LogP contribution in [-0.4, -0.2) is 108 Å². The number of hydrogen-bond acceptors (Lipinski definition) is 14. The van der Waals surface area contributed by atoms with Gasteiger partial charge >= 0.3 is 35.4 Å². The van der Waals surface area contributed by atoms with Crippen molar-refractivity contribution in [3.05, 3.63) is 0 Å². The predicted molar refractivity (Wildman–Crippen MR) is 227 cm³/mol. The molecular formula is C42H51O19P3. The van der Waals surface area contributed by atoms with Gasteiger partial charge in [0.15, 0.2) is 6.10 Å². The standard InChI is InChI=1S/C42H51O19P3/c1-3-5-7-9-11-13-15-17-19-20-22-24-26-28-30-35(43)56-32-34(58-36(44)31-29-27-25-23-21-18-16-14-12-10-8-6-4-2)33-57-64(54,55)61-40-37(45)38(46)41(59-62(48,49)50)42(39(40)47)60-63(51,52)53/h1,34,37-42,45-47H,4,6,8,10,12,14,16,18,21,23,25,27,29,31-33H2,2H3,(H,54,55)(H2,48,49,50)(H2,51,52,53)/t34-,37?,38+,39-,40?,41-,42?/m1/s1. The van der Waals surface area contributed by atoms with E-state index in [4.69, 9.17) is 24.9 Å². The van der Waals surface area contributed by atoms with E-state index in [-0.39, 0.29) is 6.42 Å². The number of unbranched alkanes of at least 4 members (excludes halogenated alkanes) is 12. The van der Waals surface area contributed by atoms with Crippen LogP contribution in [0.25, 0.3) is 0 Å². The highest BCUT2D eigenvalue weighted by Crippen LogP contribution is 2.51. The van der Waals surface area contributed by atoms with Crippen molar-refractivity contribution in [3.63, 3.8) is 0 Å². The summed E-state index contributed by atoms with van der Waals surface area (Å²) in [5.74, 6) is 32.5. The predicted octanol–water partition coefficient (Wildman–Crippen LogP) is 2.13. The highest BCUT2D eigenvalue weighted by Gasteiger charge is 2.56. The number of phosphoric acid groups is 3. The molecule has 0 amide bonds. The second kappa shape index (κ2) is 32.3. The van der Waals surface area contributed by atoms with Crippen molar-refractivity contribution in [1.82, 2.24) is 0 Å². The molecule has 1 fully saturated rings. The van der Waals surface area contributed by atoms with E-state index in [2.05, 4.69) is 98.9 Å². The maximum absolute atomic E-state index is 13.0. The van der Waals surface area contributed by atoms with Gasteiger partial charge in [-0.3, -0.25) is 22.9 Å². The monoisotopic (exact) mass is 952 g/mol. The summed E-state index contributed by atoms with van der Waals surface area (Å²) in [5.41, 5.74) is 0. The summed E-state index contributed by atoms with van der Waals surface area (Å²) in [6.07, 6.45) is 1.80. The molecule has 1 aliphatic rings.